The molecule has 0 spiro atoms. The van der Waals surface area contributed by atoms with E-state index in [1.54, 1.807) is 24.3 Å². The lowest BCUT2D eigenvalue weighted by Gasteiger charge is -2.35. The molecule has 1 atom stereocenters. The Morgan fingerprint density at radius 2 is 1.93 bits per heavy atom. The first kappa shape index (κ1) is 20.8. The number of halogens is 2. The van der Waals surface area contributed by atoms with Crippen molar-refractivity contribution in [2.75, 3.05) is 13.8 Å². The maximum absolute atomic E-state index is 14.0. The van der Waals surface area contributed by atoms with Gasteiger partial charge in [0.15, 0.2) is 0 Å². The van der Waals surface area contributed by atoms with Crippen LogP contribution in [0.15, 0.2) is 42.5 Å². The Kier molecular flexibility index (Phi) is 5.63. The van der Waals surface area contributed by atoms with Gasteiger partial charge in [-0.25, -0.2) is 8.78 Å². The molecule has 0 bridgehead atoms. The molecular weight excluding hydrogens is 374 g/mol. The molecule has 0 amide bonds. The zero-order valence-corrected chi connectivity index (χ0v) is 16.7. The van der Waals surface area contributed by atoms with Crippen LogP contribution in [-0.4, -0.2) is 29.5 Å². The molecule has 2 aromatic carbocycles. The normalized spacial score (nSPS) is 13.8. The van der Waals surface area contributed by atoms with Crippen LogP contribution in [0.4, 0.5) is 8.78 Å². The summed E-state index contributed by atoms with van der Waals surface area (Å²) in [7, 11) is 1.45. The molecule has 1 aromatic heterocycles. The summed E-state index contributed by atoms with van der Waals surface area (Å²) in [5.41, 5.74) is 0.440. The molecule has 29 heavy (non-hydrogen) atoms. The van der Waals surface area contributed by atoms with Crippen LogP contribution in [0.2, 0.25) is 0 Å². The van der Waals surface area contributed by atoms with E-state index >= 15 is 0 Å². The summed E-state index contributed by atoms with van der Waals surface area (Å²) in [6, 6.07) is 13.4. The van der Waals surface area contributed by atoms with Gasteiger partial charge in [0, 0.05) is 34.6 Å². The van der Waals surface area contributed by atoms with Crippen LogP contribution in [0, 0.1) is 17.1 Å². The zero-order valence-electron chi connectivity index (χ0n) is 16.7. The number of nitriles is 1. The lowest BCUT2D eigenvalue weighted by molar-refractivity contribution is -0.00946. The van der Waals surface area contributed by atoms with Gasteiger partial charge in [-0.15, -0.1) is 0 Å². The molecule has 3 rings (SSSR count). The van der Waals surface area contributed by atoms with Crippen LogP contribution in [-0.2, 0) is 11.8 Å². The Balaban J connectivity index is 1.88. The largest absolute Gasteiger partial charge is 0.496 e. The lowest BCUT2D eigenvalue weighted by Crippen LogP contribution is -2.41. The summed E-state index contributed by atoms with van der Waals surface area (Å²) in [4.78, 5) is 3.18. The van der Waals surface area contributed by atoms with Crippen molar-refractivity contribution in [1.82, 2.24) is 4.98 Å². The topological polar surface area (TPSA) is 69.0 Å². The van der Waals surface area contributed by atoms with Gasteiger partial charge in [0.25, 0.3) is 0 Å². The second kappa shape index (κ2) is 7.84. The maximum Gasteiger partial charge on any atom is 0.126 e. The molecule has 0 aliphatic heterocycles. The Bertz CT molecular complexity index is 1070. The Morgan fingerprint density at radius 3 is 2.59 bits per heavy atom. The second-order valence-electron chi connectivity index (χ2n) is 8.15. The van der Waals surface area contributed by atoms with Crippen molar-refractivity contribution in [2.45, 2.75) is 37.7 Å². The third-order valence-electron chi connectivity index (χ3n) is 5.24. The number of rotatable bonds is 7. The molecule has 0 fully saturated rings. The van der Waals surface area contributed by atoms with Crippen molar-refractivity contribution in [3.05, 3.63) is 65.1 Å². The fourth-order valence-corrected chi connectivity index (χ4v) is 4.01. The van der Waals surface area contributed by atoms with Gasteiger partial charge in [0.2, 0.25) is 0 Å². The van der Waals surface area contributed by atoms with Gasteiger partial charge in [-0.05, 0) is 42.2 Å². The van der Waals surface area contributed by atoms with Crippen LogP contribution in [0.3, 0.4) is 0 Å². The Hall–Kier alpha value is -2.91. The SMILES string of the molecule is COc1cc(F)ccc1C(C)(C)CC(O)(CF)Cc1cc2cc(C#N)ccc2[nH]1. The molecule has 152 valence electrons. The smallest absolute Gasteiger partial charge is 0.126 e. The zero-order chi connectivity index (χ0) is 21.2. The lowest BCUT2D eigenvalue weighted by atomic mass is 9.74. The molecule has 6 heteroatoms. The second-order valence-corrected chi connectivity index (χ2v) is 8.15. The minimum absolute atomic E-state index is 0.0764. The first-order valence-corrected chi connectivity index (χ1v) is 9.34. The van der Waals surface area contributed by atoms with Gasteiger partial charge in [0.05, 0.1) is 24.3 Å². The highest BCUT2D eigenvalue weighted by molar-refractivity contribution is 5.81. The fourth-order valence-electron chi connectivity index (χ4n) is 4.01. The monoisotopic (exact) mass is 398 g/mol. The van der Waals surface area contributed by atoms with E-state index in [9.17, 15) is 13.9 Å². The van der Waals surface area contributed by atoms with Crippen molar-refractivity contribution in [1.29, 1.82) is 5.26 Å². The van der Waals surface area contributed by atoms with Crippen LogP contribution in [0.25, 0.3) is 10.9 Å². The number of aromatic nitrogens is 1. The summed E-state index contributed by atoms with van der Waals surface area (Å²) in [5, 5.41) is 20.9. The first-order valence-electron chi connectivity index (χ1n) is 9.34. The van der Waals surface area contributed by atoms with E-state index in [4.69, 9.17) is 10.00 Å². The van der Waals surface area contributed by atoms with Crippen molar-refractivity contribution in [2.24, 2.45) is 0 Å². The molecule has 2 N–H and O–H groups in total. The average Bonchev–Trinajstić information content (AvgIpc) is 3.07. The predicted octanol–water partition coefficient (Wildman–Crippen LogP) is 4.80. The van der Waals surface area contributed by atoms with Crippen LogP contribution in [0.1, 0.15) is 37.1 Å². The molecule has 4 nitrogen and oxygen atoms in total. The van der Waals surface area contributed by atoms with Crippen molar-refractivity contribution in [3.63, 3.8) is 0 Å². The maximum atomic E-state index is 14.0. The van der Waals surface area contributed by atoms with E-state index in [1.165, 1.54) is 19.2 Å². The number of hydrogen-bond donors (Lipinski definition) is 2. The van der Waals surface area contributed by atoms with Gasteiger partial charge < -0.3 is 14.8 Å². The average molecular weight is 398 g/mol. The first-order chi connectivity index (χ1) is 13.7. The van der Waals surface area contributed by atoms with Crippen LogP contribution in [0.5, 0.6) is 5.75 Å². The fraction of sp³-hybridized carbons (Fsp3) is 0.348. The van der Waals surface area contributed by atoms with E-state index < -0.39 is 23.5 Å². The molecule has 0 saturated carbocycles. The molecule has 0 saturated heterocycles. The summed E-state index contributed by atoms with van der Waals surface area (Å²) in [6.45, 7) is 2.81. The van der Waals surface area contributed by atoms with Crippen LogP contribution >= 0.6 is 0 Å². The quantitative estimate of drug-likeness (QED) is 0.601. The Labute approximate surface area is 168 Å². The third kappa shape index (κ3) is 4.41. The van der Waals surface area contributed by atoms with Crippen molar-refractivity contribution < 1.29 is 18.6 Å². The number of nitrogens with zero attached hydrogens (tertiary/aromatic N) is 1. The van der Waals surface area contributed by atoms with E-state index in [0.29, 0.717) is 22.6 Å². The van der Waals surface area contributed by atoms with Gasteiger partial charge >= 0.3 is 0 Å². The van der Waals surface area contributed by atoms with Gasteiger partial charge in [-0.2, -0.15) is 5.26 Å². The number of H-pyrrole nitrogens is 1. The van der Waals surface area contributed by atoms with Gasteiger partial charge in [-0.1, -0.05) is 19.9 Å². The molecule has 0 aliphatic carbocycles. The van der Waals surface area contributed by atoms with E-state index in [2.05, 4.69) is 11.1 Å². The van der Waals surface area contributed by atoms with Gasteiger partial charge in [0.1, 0.15) is 18.2 Å². The number of aliphatic hydroxyl groups is 1. The predicted molar refractivity (Wildman–Crippen MR) is 108 cm³/mol. The standard InChI is InChI=1S/C23H24F2N2O2/c1-22(2,19-6-5-17(25)10-21(19)29-3)13-23(28,14-24)11-18-9-16-8-15(12-26)4-7-20(16)27-18/h4-10,27-28H,11,13-14H2,1-3H3. The number of benzene rings is 2. The number of fused-ring (bicyclic) bond motifs is 1. The number of ether oxygens (including phenoxy) is 1. The molecule has 3 aromatic rings. The van der Waals surface area contributed by atoms with E-state index in [1.807, 2.05) is 19.9 Å². The summed E-state index contributed by atoms with van der Waals surface area (Å²) in [6.07, 6.45) is 0.185. The highest BCUT2D eigenvalue weighted by Gasteiger charge is 2.37. The summed E-state index contributed by atoms with van der Waals surface area (Å²) < 4.78 is 32.8. The van der Waals surface area contributed by atoms with Crippen LogP contribution < -0.4 is 4.74 Å². The molecule has 1 unspecified atom stereocenters. The third-order valence-corrected chi connectivity index (χ3v) is 5.24. The minimum Gasteiger partial charge on any atom is -0.496 e. The van der Waals surface area contributed by atoms with E-state index in [-0.39, 0.29) is 12.8 Å². The molecule has 0 radical (unpaired) electrons. The van der Waals surface area contributed by atoms with Crippen molar-refractivity contribution in [3.8, 4) is 11.8 Å². The van der Waals surface area contributed by atoms with E-state index in [0.717, 1.165) is 10.9 Å². The molecular formula is C23H24F2N2O2. The Morgan fingerprint density at radius 1 is 1.17 bits per heavy atom. The number of nitrogens with one attached hydrogen (secondary N) is 1. The molecule has 0 aliphatic rings. The molecule has 1 heterocycles. The summed E-state index contributed by atoms with van der Waals surface area (Å²) >= 11 is 0. The minimum atomic E-state index is -1.62. The highest BCUT2D eigenvalue weighted by atomic mass is 19.1. The number of alkyl halides is 1. The number of methoxy groups -OCH3 is 1. The number of hydrogen-bond acceptors (Lipinski definition) is 3. The van der Waals surface area contributed by atoms with Gasteiger partial charge in [-0.3, -0.25) is 0 Å². The van der Waals surface area contributed by atoms with Crippen molar-refractivity contribution >= 4 is 10.9 Å². The summed E-state index contributed by atoms with van der Waals surface area (Å²) in [5.74, 6) is -0.0529. The highest BCUT2D eigenvalue weighted by Crippen LogP contribution is 2.39. The number of aromatic amines is 1.